The third-order valence-electron chi connectivity index (χ3n) is 3.25. The van der Waals surface area contributed by atoms with Crippen LogP contribution in [0.3, 0.4) is 0 Å². The van der Waals surface area contributed by atoms with Gasteiger partial charge in [0.2, 0.25) is 0 Å². The quantitative estimate of drug-likeness (QED) is 0.310. The molecule has 156 valence electrons. The van der Waals surface area contributed by atoms with Gasteiger partial charge in [-0.1, -0.05) is 32.0 Å². The van der Waals surface area contributed by atoms with E-state index in [0.29, 0.717) is 0 Å². The maximum atomic E-state index is 12.1. The summed E-state index contributed by atoms with van der Waals surface area (Å²) in [6.07, 6.45) is -4.86. The molecule has 11 nitrogen and oxygen atoms in total. The molecule has 1 aromatic carbocycles. The van der Waals surface area contributed by atoms with Gasteiger partial charge in [0, 0.05) is 0 Å². The molecule has 14 heteroatoms. The standard InChI is InChI=1S/C12H15BO11P2.C2H6/c13-11-10(23-12(14)7-4-2-1-3-5-7)9(24-26(18,19)20)8(22-11)6-21-25(15,16)17;1-2/h1-5,8-11H,6H2,(H2,15,16,17)(H2,18,19,20);1-2H3/p-3/t8-,9+,10?,11-;/m1./s1. The average molecular weight is 435 g/mol. The molecule has 1 heterocycles. The van der Waals surface area contributed by atoms with E-state index in [4.69, 9.17) is 22.2 Å². The third-order valence-corrected chi connectivity index (χ3v) is 4.23. The topological polar surface area (TPSA) is 178 Å². The maximum absolute atomic E-state index is 12.1. The Kier molecular flexibility index (Phi) is 9.49. The van der Waals surface area contributed by atoms with Gasteiger partial charge in [0.25, 0.3) is 7.82 Å². The van der Waals surface area contributed by atoms with Crippen LogP contribution in [0.5, 0.6) is 0 Å². The van der Waals surface area contributed by atoms with Gasteiger partial charge < -0.3 is 42.7 Å². The lowest BCUT2D eigenvalue weighted by Gasteiger charge is -2.35. The van der Waals surface area contributed by atoms with E-state index in [9.17, 15) is 28.6 Å². The van der Waals surface area contributed by atoms with Crippen LogP contribution in [0, 0.1) is 0 Å². The van der Waals surface area contributed by atoms with Crippen molar-refractivity contribution in [3.05, 3.63) is 35.9 Å². The number of rotatable bonds is 7. The van der Waals surface area contributed by atoms with E-state index < -0.39 is 52.5 Å². The lowest BCUT2D eigenvalue weighted by molar-refractivity contribution is -0.347. The van der Waals surface area contributed by atoms with Crippen molar-refractivity contribution in [3.63, 3.8) is 0 Å². The Hall–Kier alpha value is -1.07. The Bertz CT molecular complexity index is 719. The molecule has 1 saturated heterocycles. The van der Waals surface area contributed by atoms with Crippen LogP contribution >= 0.6 is 15.6 Å². The Labute approximate surface area is 162 Å². The van der Waals surface area contributed by atoms with Gasteiger partial charge in [-0.2, -0.15) is 0 Å². The van der Waals surface area contributed by atoms with Crippen LogP contribution in [0.1, 0.15) is 24.2 Å². The van der Waals surface area contributed by atoms with Crippen LogP contribution in [0.15, 0.2) is 30.3 Å². The highest BCUT2D eigenvalue weighted by Gasteiger charge is 2.46. The van der Waals surface area contributed by atoms with Gasteiger partial charge in [-0.05, 0) is 12.1 Å². The monoisotopic (exact) mass is 435 g/mol. The van der Waals surface area contributed by atoms with Crippen LogP contribution in [0.2, 0.25) is 0 Å². The fraction of sp³-hybridized carbons (Fsp3) is 0.500. The smallest absolute Gasteiger partial charge is 0.338 e. The summed E-state index contributed by atoms with van der Waals surface area (Å²) in [4.78, 5) is 53.3. The largest absolute Gasteiger partial charge is 0.790 e. The minimum absolute atomic E-state index is 0.102. The van der Waals surface area contributed by atoms with E-state index in [-0.39, 0.29) is 5.56 Å². The molecule has 0 amide bonds. The summed E-state index contributed by atoms with van der Waals surface area (Å²) in [6.45, 7) is 3.08. The van der Waals surface area contributed by atoms with Gasteiger partial charge >= 0.3 is 5.97 Å². The van der Waals surface area contributed by atoms with Gasteiger partial charge in [-0.15, -0.1) is 0 Å². The fourth-order valence-electron chi connectivity index (χ4n) is 2.23. The van der Waals surface area contributed by atoms with Gasteiger partial charge in [0.15, 0.2) is 0 Å². The first-order valence-corrected chi connectivity index (χ1v) is 11.0. The predicted molar refractivity (Wildman–Crippen MR) is 89.7 cm³/mol. The number of carbonyl (C=O) groups is 1. The molecule has 0 saturated carbocycles. The second-order valence-electron chi connectivity index (χ2n) is 5.16. The molecule has 1 aliphatic heterocycles. The third kappa shape index (κ3) is 8.12. The van der Waals surface area contributed by atoms with Gasteiger partial charge in [0.05, 0.1) is 26.0 Å². The Morgan fingerprint density at radius 1 is 1.18 bits per heavy atom. The zero-order chi connectivity index (χ0) is 21.5. The van der Waals surface area contributed by atoms with E-state index in [1.807, 2.05) is 13.8 Å². The summed E-state index contributed by atoms with van der Waals surface area (Å²) in [5.41, 5.74) is 0.102. The molecule has 2 rings (SSSR count). The number of phosphoric acid groups is 2. The molecule has 1 fully saturated rings. The number of hydrogen-bond acceptors (Lipinski definition) is 10. The Balaban J connectivity index is 0.00000190. The first-order valence-electron chi connectivity index (χ1n) is 8.02. The Morgan fingerprint density at radius 2 is 1.75 bits per heavy atom. The normalized spacial score (nSPS) is 26.6. The first kappa shape index (κ1) is 25.0. The van der Waals surface area contributed by atoms with Crippen molar-refractivity contribution in [3.8, 4) is 0 Å². The van der Waals surface area contributed by atoms with E-state index in [2.05, 4.69) is 9.05 Å². The number of hydrogen-bond donors (Lipinski definition) is 1. The summed E-state index contributed by atoms with van der Waals surface area (Å²) >= 11 is 0. The number of carbonyl (C=O) groups excluding carboxylic acids is 1. The number of esters is 1. The molecular formula is C14H18BO11P2-3. The molecule has 0 aliphatic carbocycles. The molecule has 5 atom stereocenters. The second-order valence-corrected chi connectivity index (χ2v) is 7.46. The molecule has 0 aromatic heterocycles. The molecule has 1 aromatic rings. The lowest BCUT2D eigenvalue weighted by Crippen LogP contribution is -2.41. The molecule has 28 heavy (non-hydrogen) atoms. The number of phosphoric ester groups is 2. The molecule has 2 unspecified atom stereocenters. The molecular weight excluding hydrogens is 417 g/mol. The number of benzene rings is 1. The minimum atomic E-state index is -5.59. The number of ether oxygens (including phenoxy) is 2. The van der Waals surface area contributed by atoms with Gasteiger partial charge in [-0.25, -0.2) is 4.79 Å². The van der Waals surface area contributed by atoms with Crippen LogP contribution < -0.4 is 14.7 Å². The van der Waals surface area contributed by atoms with E-state index in [1.54, 1.807) is 18.2 Å². The van der Waals surface area contributed by atoms with Crippen molar-refractivity contribution >= 4 is 29.5 Å². The average Bonchev–Trinajstić information content (AvgIpc) is 2.89. The minimum Gasteiger partial charge on any atom is -0.790 e. The molecule has 0 bridgehead atoms. The zero-order valence-electron chi connectivity index (χ0n) is 14.9. The molecule has 1 aliphatic rings. The Morgan fingerprint density at radius 3 is 2.25 bits per heavy atom. The van der Waals surface area contributed by atoms with Crippen LogP contribution in [-0.4, -0.2) is 49.6 Å². The van der Waals surface area contributed by atoms with Crippen molar-refractivity contribution in [1.82, 2.24) is 0 Å². The van der Waals surface area contributed by atoms with E-state index in [0.717, 1.165) is 0 Å². The summed E-state index contributed by atoms with van der Waals surface area (Å²) in [6, 6.07) is 6.10. The highest BCUT2D eigenvalue weighted by atomic mass is 31.2. The van der Waals surface area contributed by atoms with Crippen molar-refractivity contribution in [2.45, 2.75) is 38.2 Å². The molecule has 0 spiro atoms. The molecule has 1 N–H and O–H groups in total. The maximum Gasteiger partial charge on any atom is 0.338 e. The SMILES string of the molecule is CC.[B][C@@H]1O[C@H](COP(=O)([O-])O)[C@H](OP(=O)([O-])[O-])C1OC(=O)c1ccccc1. The van der Waals surface area contributed by atoms with Crippen LogP contribution in [-0.2, 0) is 27.7 Å². The molecule has 2 radical (unpaired) electrons. The van der Waals surface area contributed by atoms with Crippen molar-refractivity contribution < 1.29 is 52.0 Å². The first-order chi connectivity index (χ1) is 13.0. The second kappa shape index (κ2) is 10.6. The highest BCUT2D eigenvalue weighted by Crippen LogP contribution is 2.38. The lowest BCUT2D eigenvalue weighted by atomic mass is 9.93. The fourth-order valence-corrected chi connectivity index (χ4v) is 3.12. The summed E-state index contributed by atoms with van der Waals surface area (Å²) in [7, 11) is -5.15. The van der Waals surface area contributed by atoms with Gasteiger partial charge in [-0.3, -0.25) is 4.57 Å². The summed E-state index contributed by atoms with van der Waals surface area (Å²) in [5.74, 6) is -0.909. The van der Waals surface area contributed by atoms with Crippen molar-refractivity contribution in [2.24, 2.45) is 0 Å². The van der Waals surface area contributed by atoms with Crippen molar-refractivity contribution in [2.75, 3.05) is 6.61 Å². The predicted octanol–water partition coefficient (Wildman–Crippen LogP) is -1.18. The summed E-state index contributed by atoms with van der Waals surface area (Å²) in [5, 5.41) is 0. The summed E-state index contributed by atoms with van der Waals surface area (Å²) < 4.78 is 40.1. The van der Waals surface area contributed by atoms with Crippen LogP contribution in [0.25, 0.3) is 0 Å². The zero-order valence-corrected chi connectivity index (χ0v) is 16.7. The highest BCUT2D eigenvalue weighted by molar-refractivity contribution is 7.44. The van der Waals surface area contributed by atoms with Crippen LogP contribution in [0.4, 0.5) is 0 Å². The van der Waals surface area contributed by atoms with E-state index >= 15 is 0 Å². The van der Waals surface area contributed by atoms with Crippen molar-refractivity contribution in [1.29, 1.82) is 0 Å². The van der Waals surface area contributed by atoms with E-state index in [1.165, 1.54) is 12.1 Å². The van der Waals surface area contributed by atoms with Gasteiger partial charge in [0.1, 0.15) is 26.2 Å².